The first-order chi connectivity index (χ1) is 13.7. The van der Waals surface area contributed by atoms with Gasteiger partial charge in [0.25, 0.3) is 0 Å². The van der Waals surface area contributed by atoms with E-state index in [1.807, 2.05) is 0 Å². The molecule has 5 rings (SSSR count). The minimum absolute atomic E-state index is 0.171. The lowest BCUT2D eigenvalue weighted by Gasteiger charge is -2.57. The minimum atomic E-state index is 0.171. The van der Waals surface area contributed by atoms with Crippen molar-refractivity contribution >= 4 is 5.91 Å². The first-order valence-corrected chi connectivity index (χ1v) is 11.0. The van der Waals surface area contributed by atoms with Gasteiger partial charge in [0, 0.05) is 48.5 Å². The molecule has 0 unspecified atom stereocenters. The maximum absolute atomic E-state index is 12.7. The Morgan fingerprint density at radius 1 is 1.07 bits per heavy atom. The molecule has 28 heavy (non-hydrogen) atoms. The van der Waals surface area contributed by atoms with E-state index < -0.39 is 0 Å². The van der Waals surface area contributed by atoms with Crippen molar-refractivity contribution in [3.05, 3.63) is 35.4 Å². The zero-order valence-corrected chi connectivity index (χ0v) is 16.5. The summed E-state index contributed by atoms with van der Waals surface area (Å²) in [5, 5.41) is 10.1. The van der Waals surface area contributed by atoms with E-state index in [0.29, 0.717) is 23.8 Å². The van der Waals surface area contributed by atoms with E-state index in [9.17, 15) is 9.90 Å². The van der Waals surface area contributed by atoms with Crippen LogP contribution in [0.4, 0.5) is 0 Å². The summed E-state index contributed by atoms with van der Waals surface area (Å²) >= 11 is 0. The van der Waals surface area contributed by atoms with Gasteiger partial charge >= 0.3 is 0 Å². The summed E-state index contributed by atoms with van der Waals surface area (Å²) in [6.45, 7) is 2.91. The highest BCUT2D eigenvalue weighted by molar-refractivity contribution is 5.81. The molecule has 2 saturated carbocycles. The summed E-state index contributed by atoms with van der Waals surface area (Å²) in [6, 6.07) is 9.11. The molecule has 0 aromatic heterocycles. The van der Waals surface area contributed by atoms with Crippen molar-refractivity contribution in [2.75, 3.05) is 26.2 Å². The fraction of sp³-hybridized carbons (Fsp3) is 0.625. The normalized spacial score (nSPS) is 30.3. The highest BCUT2D eigenvalue weighted by Gasteiger charge is 2.50. The van der Waals surface area contributed by atoms with E-state index in [0.717, 1.165) is 50.9 Å². The van der Waals surface area contributed by atoms with Crippen molar-refractivity contribution in [1.29, 1.82) is 0 Å². The number of hydrogen-bond acceptors (Lipinski definition) is 3. The fourth-order valence-electron chi connectivity index (χ4n) is 4.93. The van der Waals surface area contributed by atoms with Gasteiger partial charge in [0.1, 0.15) is 0 Å². The highest BCUT2D eigenvalue weighted by Crippen LogP contribution is 2.42. The first-order valence-electron chi connectivity index (χ1n) is 11.0. The zero-order valence-electron chi connectivity index (χ0n) is 16.5. The second-order valence-electron chi connectivity index (χ2n) is 9.01. The Morgan fingerprint density at radius 2 is 1.82 bits per heavy atom. The Balaban J connectivity index is 1.34. The molecule has 2 heterocycles. The molecule has 0 spiro atoms. The van der Waals surface area contributed by atoms with Crippen LogP contribution in [0.1, 0.15) is 55.6 Å². The van der Waals surface area contributed by atoms with Crippen LogP contribution in [0, 0.1) is 23.7 Å². The zero-order chi connectivity index (χ0) is 19.1. The van der Waals surface area contributed by atoms with Crippen molar-refractivity contribution in [2.24, 2.45) is 11.8 Å². The van der Waals surface area contributed by atoms with E-state index in [2.05, 4.69) is 45.9 Å². The van der Waals surface area contributed by atoms with Gasteiger partial charge in [-0.1, -0.05) is 24.0 Å². The lowest BCUT2D eigenvalue weighted by atomic mass is 9.74. The van der Waals surface area contributed by atoms with E-state index in [-0.39, 0.29) is 18.6 Å². The smallest absolute Gasteiger partial charge is 0.225 e. The van der Waals surface area contributed by atoms with Crippen molar-refractivity contribution in [1.82, 2.24) is 9.80 Å². The van der Waals surface area contributed by atoms with Gasteiger partial charge in [-0.3, -0.25) is 9.69 Å². The molecule has 2 aliphatic heterocycles. The monoisotopic (exact) mass is 378 g/mol. The third-order valence-corrected chi connectivity index (χ3v) is 6.90. The van der Waals surface area contributed by atoms with Crippen molar-refractivity contribution in [2.45, 2.75) is 56.5 Å². The van der Waals surface area contributed by atoms with Gasteiger partial charge in [0.2, 0.25) is 5.91 Å². The summed E-state index contributed by atoms with van der Waals surface area (Å²) < 4.78 is 0. The first kappa shape index (κ1) is 18.2. The van der Waals surface area contributed by atoms with Gasteiger partial charge in [-0.25, -0.2) is 0 Å². The molecule has 1 N–H and O–H groups in total. The van der Waals surface area contributed by atoms with Crippen LogP contribution in [-0.4, -0.2) is 59.1 Å². The van der Waals surface area contributed by atoms with E-state index in [1.54, 1.807) is 0 Å². The molecule has 4 fully saturated rings. The molecular formula is C24H30N2O2. The van der Waals surface area contributed by atoms with Gasteiger partial charge in [0.05, 0.1) is 6.61 Å². The van der Waals surface area contributed by atoms with Crippen LogP contribution in [0.3, 0.4) is 0 Å². The summed E-state index contributed by atoms with van der Waals surface area (Å²) in [5.41, 5.74) is 2.35. The minimum Gasteiger partial charge on any atom is -0.395 e. The van der Waals surface area contributed by atoms with Gasteiger partial charge in [0.15, 0.2) is 0 Å². The third-order valence-electron chi connectivity index (χ3n) is 6.90. The van der Waals surface area contributed by atoms with Crippen molar-refractivity contribution in [3.63, 3.8) is 0 Å². The van der Waals surface area contributed by atoms with Crippen LogP contribution in [0.25, 0.3) is 0 Å². The summed E-state index contributed by atoms with van der Waals surface area (Å²) in [6.07, 6.45) is 6.80. The average Bonchev–Trinajstić information content (AvgIpc) is 3.59. The van der Waals surface area contributed by atoms with E-state index in [4.69, 9.17) is 0 Å². The number of nitrogens with zero attached hydrogens (tertiary/aromatic N) is 2. The van der Waals surface area contributed by atoms with Crippen molar-refractivity contribution in [3.8, 4) is 11.8 Å². The molecule has 3 atom stereocenters. The quantitative estimate of drug-likeness (QED) is 0.823. The molecule has 2 aliphatic carbocycles. The molecule has 148 valence electrons. The van der Waals surface area contributed by atoms with E-state index in [1.165, 1.54) is 18.4 Å². The topological polar surface area (TPSA) is 43.8 Å². The van der Waals surface area contributed by atoms with Gasteiger partial charge in [-0.15, -0.1) is 0 Å². The molecule has 1 aromatic carbocycles. The molecule has 1 aromatic rings. The molecular weight excluding hydrogens is 348 g/mol. The van der Waals surface area contributed by atoms with Crippen LogP contribution < -0.4 is 0 Å². The number of hydrogen-bond donors (Lipinski definition) is 1. The van der Waals surface area contributed by atoms with Gasteiger partial charge in [-0.05, 0) is 62.8 Å². The maximum atomic E-state index is 12.7. The lowest BCUT2D eigenvalue weighted by molar-refractivity contribution is -0.137. The average molecular weight is 379 g/mol. The number of rotatable bonds is 3. The molecule has 4 heteroatoms. The van der Waals surface area contributed by atoms with Crippen LogP contribution in [-0.2, 0) is 4.79 Å². The van der Waals surface area contributed by atoms with Crippen LogP contribution in [0.5, 0.6) is 0 Å². The summed E-state index contributed by atoms with van der Waals surface area (Å²) in [7, 11) is 0. The number of aliphatic hydroxyl groups excluding tert-OH is 1. The summed E-state index contributed by atoms with van der Waals surface area (Å²) in [4.78, 5) is 17.3. The Hall–Kier alpha value is -1.83. The SMILES string of the molecule is O=C(C1CC1)N1CCCCN2[C@@H](CO)[C@@H](c3ccc(C#CC4CC4)cc3)[C@@H]2C1. The Labute approximate surface area is 167 Å². The third kappa shape index (κ3) is 3.58. The summed E-state index contributed by atoms with van der Waals surface area (Å²) in [5.74, 6) is 8.16. The lowest BCUT2D eigenvalue weighted by Crippen LogP contribution is -2.68. The Bertz CT molecular complexity index is 785. The standard InChI is InChI=1S/C24H30N2O2/c27-16-22-23(19-9-7-18(8-10-19)6-5-17-3-4-17)21-15-25(24(28)20-11-12-20)13-1-2-14-26(21)22/h7-10,17,20-23,27H,1-4,11-16H2/t21-,22-,23-/m0/s1. The van der Waals surface area contributed by atoms with Crippen LogP contribution in [0.2, 0.25) is 0 Å². The van der Waals surface area contributed by atoms with Crippen LogP contribution >= 0.6 is 0 Å². The Morgan fingerprint density at radius 3 is 2.50 bits per heavy atom. The number of fused-ring (bicyclic) bond motifs is 1. The van der Waals surface area contributed by atoms with Gasteiger partial charge in [-0.2, -0.15) is 0 Å². The number of carbonyl (C=O) groups excluding carboxylic acids is 1. The van der Waals surface area contributed by atoms with Crippen LogP contribution in [0.15, 0.2) is 24.3 Å². The second-order valence-corrected chi connectivity index (χ2v) is 9.01. The largest absolute Gasteiger partial charge is 0.395 e. The number of aliphatic hydroxyl groups is 1. The molecule has 0 radical (unpaired) electrons. The highest BCUT2D eigenvalue weighted by atomic mass is 16.3. The number of benzene rings is 1. The molecule has 4 aliphatic rings. The van der Waals surface area contributed by atoms with Gasteiger partial charge < -0.3 is 10.0 Å². The molecule has 2 saturated heterocycles. The van der Waals surface area contributed by atoms with Crippen molar-refractivity contribution < 1.29 is 9.90 Å². The fourth-order valence-corrected chi connectivity index (χ4v) is 4.93. The number of amides is 1. The second kappa shape index (κ2) is 7.54. The number of carbonyl (C=O) groups is 1. The molecule has 4 nitrogen and oxygen atoms in total. The predicted molar refractivity (Wildman–Crippen MR) is 109 cm³/mol. The Kier molecular flexibility index (Phi) is 4.90. The predicted octanol–water partition coefficient (Wildman–Crippen LogP) is 2.61. The van der Waals surface area contributed by atoms with E-state index >= 15 is 0 Å². The molecule has 1 amide bonds. The maximum Gasteiger partial charge on any atom is 0.225 e. The molecule has 0 bridgehead atoms.